The molecule has 30 heavy (non-hydrogen) atoms. The van der Waals surface area contributed by atoms with Gasteiger partial charge in [0.05, 0.1) is 23.7 Å². The fourth-order valence-corrected chi connectivity index (χ4v) is 5.66. The van der Waals surface area contributed by atoms with Gasteiger partial charge in [-0.1, -0.05) is 12.1 Å². The van der Waals surface area contributed by atoms with Crippen LogP contribution in [0.25, 0.3) is 5.65 Å². The molecule has 5 rings (SSSR count). The van der Waals surface area contributed by atoms with Crippen LogP contribution in [0.4, 0.5) is 0 Å². The van der Waals surface area contributed by atoms with Crippen molar-refractivity contribution in [1.82, 2.24) is 19.0 Å². The third kappa shape index (κ3) is 3.49. The maximum atomic E-state index is 12.9. The second-order valence-corrected chi connectivity index (χ2v) is 9.75. The Balaban J connectivity index is 1.23. The normalized spacial score (nSPS) is 21.7. The quantitative estimate of drug-likeness (QED) is 0.668. The number of hydrogen-bond acceptors (Lipinski definition) is 5. The van der Waals surface area contributed by atoms with Crippen LogP contribution in [0.15, 0.2) is 59.9 Å². The molecule has 0 saturated carbocycles. The van der Waals surface area contributed by atoms with Gasteiger partial charge in [0, 0.05) is 50.1 Å². The highest BCUT2D eigenvalue weighted by atomic mass is 32.2. The van der Waals surface area contributed by atoms with Crippen LogP contribution in [0.5, 0.6) is 0 Å². The van der Waals surface area contributed by atoms with E-state index in [0.717, 1.165) is 11.2 Å². The van der Waals surface area contributed by atoms with Crippen molar-refractivity contribution in [2.24, 2.45) is 11.8 Å². The van der Waals surface area contributed by atoms with Gasteiger partial charge in [0.1, 0.15) is 5.65 Å². The van der Waals surface area contributed by atoms with Crippen molar-refractivity contribution in [2.75, 3.05) is 26.3 Å². The number of aromatic nitrogens is 2. The number of pyridine rings is 1. The van der Waals surface area contributed by atoms with Crippen LogP contribution in [-0.4, -0.2) is 54.3 Å². The molecule has 8 nitrogen and oxygen atoms in total. The molecule has 2 aliphatic heterocycles. The Bertz CT molecular complexity index is 1180. The number of amides is 1. The van der Waals surface area contributed by atoms with Crippen molar-refractivity contribution in [3.05, 3.63) is 66.1 Å². The Morgan fingerprint density at radius 3 is 2.57 bits per heavy atom. The first-order chi connectivity index (χ1) is 14.5. The molecule has 156 valence electrons. The molecule has 1 N–H and O–H groups in total. The summed E-state index contributed by atoms with van der Waals surface area (Å²) < 4.78 is 34.6. The molecule has 0 radical (unpaired) electrons. The van der Waals surface area contributed by atoms with Gasteiger partial charge in [0.25, 0.3) is 5.91 Å². The van der Waals surface area contributed by atoms with Crippen LogP contribution in [0, 0.1) is 11.8 Å². The standard InChI is InChI=1S/C21H22N4O4S/c26-21(16-3-6-20-22-7-8-24(20)10-16)23-9-15-1-4-19(5-2-15)30(27,28)25-11-17-13-29-14-18(17)12-25/h1-8,10,17-18H,9,11-14H2,(H,23,26)/t17-,18+. The van der Waals surface area contributed by atoms with Crippen LogP contribution < -0.4 is 5.32 Å². The molecule has 2 atom stereocenters. The average Bonchev–Trinajstić information content (AvgIpc) is 3.47. The van der Waals surface area contributed by atoms with E-state index in [1.807, 2.05) is 0 Å². The van der Waals surface area contributed by atoms with E-state index in [-0.39, 0.29) is 10.8 Å². The van der Waals surface area contributed by atoms with E-state index in [0.29, 0.717) is 50.2 Å². The monoisotopic (exact) mass is 426 g/mol. The molecule has 2 fully saturated rings. The van der Waals surface area contributed by atoms with Gasteiger partial charge >= 0.3 is 0 Å². The Morgan fingerprint density at radius 1 is 1.10 bits per heavy atom. The minimum absolute atomic E-state index is 0.201. The van der Waals surface area contributed by atoms with Gasteiger partial charge in [-0.3, -0.25) is 4.79 Å². The highest BCUT2D eigenvalue weighted by Gasteiger charge is 2.42. The average molecular weight is 426 g/mol. The first-order valence-corrected chi connectivity index (χ1v) is 11.3. The Labute approximate surface area is 174 Å². The zero-order chi connectivity index (χ0) is 20.7. The van der Waals surface area contributed by atoms with Gasteiger partial charge in [0.2, 0.25) is 10.0 Å². The van der Waals surface area contributed by atoms with E-state index in [2.05, 4.69) is 10.3 Å². The van der Waals surface area contributed by atoms with Crippen LogP contribution in [0.2, 0.25) is 0 Å². The number of carbonyl (C=O) groups excluding carboxylic acids is 1. The molecule has 3 aromatic rings. The summed E-state index contributed by atoms with van der Waals surface area (Å²) in [5.74, 6) is 0.403. The van der Waals surface area contributed by atoms with Gasteiger partial charge in [-0.15, -0.1) is 0 Å². The number of benzene rings is 1. The fraction of sp³-hybridized carbons (Fsp3) is 0.333. The lowest BCUT2D eigenvalue weighted by molar-refractivity contribution is 0.0950. The van der Waals surface area contributed by atoms with Gasteiger partial charge in [-0.05, 0) is 29.8 Å². The third-order valence-corrected chi connectivity index (χ3v) is 7.72. The molecule has 1 amide bonds. The predicted molar refractivity (Wildman–Crippen MR) is 109 cm³/mol. The highest BCUT2D eigenvalue weighted by molar-refractivity contribution is 7.89. The number of nitrogens with zero attached hydrogens (tertiary/aromatic N) is 3. The zero-order valence-electron chi connectivity index (χ0n) is 16.3. The maximum absolute atomic E-state index is 12.9. The van der Waals surface area contributed by atoms with E-state index >= 15 is 0 Å². The summed E-state index contributed by atoms with van der Waals surface area (Å²) in [7, 11) is -3.51. The summed E-state index contributed by atoms with van der Waals surface area (Å²) in [6.07, 6.45) is 5.19. The number of hydrogen-bond donors (Lipinski definition) is 1. The van der Waals surface area contributed by atoms with E-state index in [4.69, 9.17) is 4.74 Å². The number of ether oxygens (including phenoxy) is 1. The summed E-state index contributed by atoms with van der Waals surface area (Å²) in [4.78, 5) is 16.9. The SMILES string of the molecule is O=C(NCc1ccc(S(=O)(=O)N2C[C@H]3COC[C@H]3C2)cc1)c1ccc2nccn2c1. The highest BCUT2D eigenvalue weighted by Crippen LogP contribution is 2.32. The molecule has 0 bridgehead atoms. The molecule has 9 heteroatoms. The van der Waals surface area contributed by atoms with E-state index in [9.17, 15) is 13.2 Å². The number of carbonyl (C=O) groups is 1. The molecule has 0 aliphatic carbocycles. The summed E-state index contributed by atoms with van der Waals surface area (Å²) in [6, 6.07) is 10.2. The van der Waals surface area contributed by atoms with Crippen LogP contribution in [0.1, 0.15) is 15.9 Å². The van der Waals surface area contributed by atoms with Crippen molar-refractivity contribution in [2.45, 2.75) is 11.4 Å². The van der Waals surface area contributed by atoms with E-state index < -0.39 is 10.0 Å². The Morgan fingerprint density at radius 2 is 1.83 bits per heavy atom. The van der Waals surface area contributed by atoms with Crippen molar-refractivity contribution in [3.63, 3.8) is 0 Å². The zero-order valence-corrected chi connectivity index (χ0v) is 17.1. The van der Waals surface area contributed by atoms with Crippen LogP contribution >= 0.6 is 0 Å². The molecule has 1 aromatic carbocycles. The molecule has 2 aromatic heterocycles. The van der Waals surface area contributed by atoms with Crippen molar-refractivity contribution < 1.29 is 17.9 Å². The lowest BCUT2D eigenvalue weighted by Gasteiger charge is -2.17. The van der Waals surface area contributed by atoms with Crippen LogP contribution in [-0.2, 0) is 21.3 Å². The molecule has 0 spiro atoms. The molecular weight excluding hydrogens is 404 g/mol. The number of imidazole rings is 1. The van der Waals surface area contributed by atoms with Gasteiger partial charge in [0.15, 0.2) is 0 Å². The number of fused-ring (bicyclic) bond motifs is 2. The van der Waals surface area contributed by atoms with Gasteiger partial charge in [-0.25, -0.2) is 13.4 Å². The minimum Gasteiger partial charge on any atom is -0.381 e. The van der Waals surface area contributed by atoms with Crippen molar-refractivity contribution in [3.8, 4) is 0 Å². The number of sulfonamides is 1. The Kier molecular flexibility index (Phi) is 4.80. The van der Waals surface area contributed by atoms with E-state index in [1.54, 1.807) is 63.7 Å². The molecular formula is C21H22N4O4S. The van der Waals surface area contributed by atoms with Crippen LogP contribution in [0.3, 0.4) is 0 Å². The number of nitrogens with one attached hydrogen (secondary N) is 1. The first-order valence-electron chi connectivity index (χ1n) is 9.88. The summed E-state index contributed by atoms with van der Waals surface area (Å²) in [5, 5.41) is 2.87. The lowest BCUT2D eigenvalue weighted by atomic mass is 10.0. The molecule has 0 unspecified atom stereocenters. The van der Waals surface area contributed by atoms with E-state index in [1.165, 1.54) is 0 Å². The summed E-state index contributed by atoms with van der Waals surface area (Å²) in [6.45, 7) is 2.64. The minimum atomic E-state index is -3.51. The topological polar surface area (TPSA) is 93.0 Å². The third-order valence-electron chi connectivity index (χ3n) is 5.87. The van der Waals surface area contributed by atoms with Gasteiger partial charge < -0.3 is 14.5 Å². The summed E-state index contributed by atoms with van der Waals surface area (Å²) >= 11 is 0. The molecule has 4 heterocycles. The second kappa shape index (κ2) is 7.50. The molecule has 2 saturated heterocycles. The largest absolute Gasteiger partial charge is 0.381 e. The lowest BCUT2D eigenvalue weighted by Crippen LogP contribution is -2.30. The molecule has 2 aliphatic rings. The van der Waals surface area contributed by atoms with Crippen molar-refractivity contribution in [1.29, 1.82) is 0 Å². The fourth-order valence-electron chi connectivity index (χ4n) is 4.11. The smallest absolute Gasteiger partial charge is 0.253 e. The summed E-state index contributed by atoms with van der Waals surface area (Å²) in [5.41, 5.74) is 2.14. The first kappa shape index (κ1) is 19.2. The van der Waals surface area contributed by atoms with Crippen molar-refractivity contribution >= 4 is 21.6 Å². The predicted octanol–water partition coefficient (Wildman–Crippen LogP) is 1.53. The Hall–Kier alpha value is -2.75. The maximum Gasteiger partial charge on any atom is 0.253 e. The second-order valence-electron chi connectivity index (χ2n) is 7.82. The van der Waals surface area contributed by atoms with Gasteiger partial charge in [-0.2, -0.15) is 4.31 Å². The number of rotatable bonds is 5.